The van der Waals surface area contributed by atoms with Gasteiger partial charge in [0.15, 0.2) is 5.82 Å². The number of amides is 1. The maximum atomic E-state index is 14.8. The highest BCUT2D eigenvalue weighted by Gasteiger charge is 2.13. The van der Waals surface area contributed by atoms with Gasteiger partial charge in [-0.15, -0.1) is 0 Å². The maximum Gasteiger partial charge on any atom is 0.255 e. The lowest BCUT2D eigenvalue weighted by Gasteiger charge is -2.10. The molecule has 0 fully saturated rings. The number of rotatable bonds is 4. The molecule has 4 rings (SSSR count). The molecule has 0 aliphatic heterocycles. The lowest BCUT2D eigenvalue weighted by Crippen LogP contribution is -2.13. The first-order chi connectivity index (χ1) is 13.1. The molecule has 0 unspecified atom stereocenters. The quantitative estimate of drug-likeness (QED) is 0.487. The molecule has 4 aromatic rings. The molecule has 27 heavy (non-hydrogen) atoms. The summed E-state index contributed by atoms with van der Waals surface area (Å²) in [6.45, 7) is 0.666. The molecule has 134 valence electrons. The Hall–Kier alpha value is -2.99. The zero-order valence-electron chi connectivity index (χ0n) is 14.2. The Bertz CT molecular complexity index is 1110. The summed E-state index contributed by atoms with van der Waals surface area (Å²) in [6, 6.07) is 16.0. The van der Waals surface area contributed by atoms with E-state index >= 15 is 0 Å². The van der Waals surface area contributed by atoms with Gasteiger partial charge in [0.25, 0.3) is 5.91 Å². The second-order valence-electron chi connectivity index (χ2n) is 6.16. The lowest BCUT2D eigenvalue weighted by molar-refractivity contribution is 0.102. The normalized spacial score (nSPS) is 10.9. The highest BCUT2D eigenvalue weighted by molar-refractivity contribution is 9.10. The SMILES string of the molecule is O=C(Nc1ccc2cc(Cn3cccc3)cnc2c1F)c1ccc(Br)cc1. The van der Waals surface area contributed by atoms with Crippen molar-refractivity contribution in [1.82, 2.24) is 9.55 Å². The first-order valence-corrected chi connectivity index (χ1v) is 9.14. The van der Waals surface area contributed by atoms with Crippen LogP contribution in [0.2, 0.25) is 0 Å². The number of fused-ring (bicyclic) bond motifs is 1. The number of anilines is 1. The summed E-state index contributed by atoms with van der Waals surface area (Å²) < 4.78 is 17.7. The molecule has 0 radical (unpaired) electrons. The number of aromatic nitrogens is 2. The molecule has 0 aliphatic carbocycles. The van der Waals surface area contributed by atoms with Gasteiger partial charge in [-0.1, -0.05) is 22.0 Å². The van der Waals surface area contributed by atoms with Crippen LogP contribution >= 0.6 is 15.9 Å². The number of nitrogens with one attached hydrogen (secondary N) is 1. The fourth-order valence-electron chi connectivity index (χ4n) is 2.88. The van der Waals surface area contributed by atoms with Crippen LogP contribution in [0.1, 0.15) is 15.9 Å². The van der Waals surface area contributed by atoms with E-state index in [9.17, 15) is 9.18 Å². The van der Waals surface area contributed by atoms with Gasteiger partial charge < -0.3 is 9.88 Å². The third kappa shape index (κ3) is 3.75. The Labute approximate surface area is 163 Å². The number of halogens is 2. The lowest BCUT2D eigenvalue weighted by atomic mass is 10.1. The van der Waals surface area contributed by atoms with E-state index in [-0.39, 0.29) is 17.1 Å². The first kappa shape index (κ1) is 17.4. The van der Waals surface area contributed by atoms with E-state index in [2.05, 4.69) is 26.2 Å². The smallest absolute Gasteiger partial charge is 0.255 e. The Balaban J connectivity index is 1.60. The predicted octanol–water partition coefficient (Wildman–Crippen LogP) is 5.24. The van der Waals surface area contributed by atoms with Crippen molar-refractivity contribution in [3.63, 3.8) is 0 Å². The van der Waals surface area contributed by atoms with Gasteiger partial charge in [-0.25, -0.2) is 4.39 Å². The molecule has 0 spiro atoms. The summed E-state index contributed by atoms with van der Waals surface area (Å²) in [6.07, 6.45) is 5.59. The van der Waals surface area contributed by atoms with Gasteiger partial charge in [-0.2, -0.15) is 0 Å². The topological polar surface area (TPSA) is 46.9 Å². The van der Waals surface area contributed by atoms with Crippen LogP contribution in [0.3, 0.4) is 0 Å². The molecule has 1 amide bonds. The van der Waals surface area contributed by atoms with Gasteiger partial charge in [-0.05, 0) is 54.1 Å². The van der Waals surface area contributed by atoms with E-state index < -0.39 is 5.82 Å². The average molecular weight is 424 g/mol. The van der Waals surface area contributed by atoms with E-state index in [1.54, 1.807) is 42.6 Å². The number of carbonyl (C=O) groups excluding carboxylic acids is 1. The zero-order valence-corrected chi connectivity index (χ0v) is 15.8. The van der Waals surface area contributed by atoms with Gasteiger partial charge in [0.05, 0.1) is 5.69 Å². The Kier molecular flexibility index (Phi) is 4.73. The van der Waals surface area contributed by atoms with Crippen LogP contribution in [0.5, 0.6) is 0 Å². The predicted molar refractivity (Wildman–Crippen MR) is 107 cm³/mol. The van der Waals surface area contributed by atoms with E-state index in [1.807, 2.05) is 35.2 Å². The number of carbonyl (C=O) groups is 1. The molecular weight excluding hydrogens is 409 g/mol. The van der Waals surface area contributed by atoms with Crippen molar-refractivity contribution < 1.29 is 9.18 Å². The standard InChI is InChI=1S/C21H15BrFN3O/c22-17-6-3-15(4-7-17)21(27)25-18-8-5-16-11-14(12-24-20(16)19(18)23)13-26-9-1-2-10-26/h1-12H,13H2,(H,25,27). The molecular formula is C21H15BrFN3O. The van der Waals surface area contributed by atoms with Gasteiger partial charge in [0.2, 0.25) is 0 Å². The molecule has 0 atom stereocenters. The van der Waals surface area contributed by atoms with Crippen LogP contribution < -0.4 is 5.32 Å². The van der Waals surface area contributed by atoms with Crippen LogP contribution in [-0.4, -0.2) is 15.5 Å². The molecule has 2 aromatic heterocycles. The summed E-state index contributed by atoms with van der Waals surface area (Å²) in [4.78, 5) is 16.6. The fourth-order valence-corrected chi connectivity index (χ4v) is 3.14. The highest BCUT2D eigenvalue weighted by Crippen LogP contribution is 2.24. The summed E-state index contributed by atoms with van der Waals surface area (Å²) >= 11 is 3.32. The number of benzene rings is 2. The average Bonchev–Trinajstić information content (AvgIpc) is 3.17. The summed E-state index contributed by atoms with van der Waals surface area (Å²) in [5.74, 6) is -0.907. The van der Waals surface area contributed by atoms with E-state index in [0.29, 0.717) is 17.5 Å². The van der Waals surface area contributed by atoms with Crippen molar-refractivity contribution in [1.29, 1.82) is 0 Å². The van der Waals surface area contributed by atoms with Crippen molar-refractivity contribution >= 4 is 38.4 Å². The van der Waals surface area contributed by atoms with Crippen LogP contribution in [0.25, 0.3) is 10.9 Å². The van der Waals surface area contributed by atoms with Crippen LogP contribution in [-0.2, 0) is 6.54 Å². The summed E-state index contributed by atoms with van der Waals surface area (Å²) in [5.41, 5.74) is 1.78. The number of nitrogens with zero attached hydrogens (tertiary/aromatic N) is 2. The number of hydrogen-bond acceptors (Lipinski definition) is 2. The molecule has 1 N–H and O–H groups in total. The largest absolute Gasteiger partial charge is 0.350 e. The van der Waals surface area contributed by atoms with Crippen LogP contribution in [0.15, 0.2) is 77.7 Å². The van der Waals surface area contributed by atoms with Crippen molar-refractivity contribution in [3.05, 3.63) is 94.6 Å². The van der Waals surface area contributed by atoms with E-state index in [0.717, 1.165) is 10.0 Å². The third-order valence-electron chi connectivity index (χ3n) is 4.23. The van der Waals surface area contributed by atoms with Gasteiger partial charge in [0.1, 0.15) is 5.52 Å². The van der Waals surface area contributed by atoms with Gasteiger partial charge in [0, 0.05) is 40.6 Å². The minimum Gasteiger partial charge on any atom is -0.350 e. The van der Waals surface area contributed by atoms with Crippen LogP contribution in [0, 0.1) is 5.82 Å². The van der Waals surface area contributed by atoms with Gasteiger partial charge >= 0.3 is 0 Å². The molecule has 2 aromatic carbocycles. The summed E-state index contributed by atoms with van der Waals surface area (Å²) in [5, 5.41) is 3.31. The number of hydrogen-bond donors (Lipinski definition) is 1. The number of pyridine rings is 1. The third-order valence-corrected chi connectivity index (χ3v) is 4.76. The minimum atomic E-state index is -0.537. The second kappa shape index (κ2) is 7.32. The van der Waals surface area contributed by atoms with E-state index in [4.69, 9.17) is 0 Å². The minimum absolute atomic E-state index is 0.112. The van der Waals surface area contributed by atoms with Crippen molar-refractivity contribution in [2.75, 3.05) is 5.32 Å². The zero-order chi connectivity index (χ0) is 18.8. The maximum absolute atomic E-state index is 14.8. The van der Waals surface area contributed by atoms with E-state index in [1.165, 1.54) is 0 Å². The summed E-state index contributed by atoms with van der Waals surface area (Å²) in [7, 11) is 0. The fraction of sp³-hybridized carbons (Fsp3) is 0.0476. The molecule has 2 heterocycles. The molecule has 0 bridgehead atoms. The Morgan fingerprint density at radius 3 is 2.59 bits per heavy atom. The van der Waals surface area contributed by atoms with Crippen molar-refractivity contribution in [2.24, 2.45) is 0 Å². The van der Waals surface area contributed by atoms with Crippen molar-refractivity contribution in [2.45, 2.75) is 6.54 Å². The highest BCUT2D eigenvalue weighted by atomic mass is 79.9. The second-order valence-corrected chi connectivity index (χ2v) is 7.07. The molecule has 6 heteroatoms. The molecule has 0 saturated carbocycles. The van der Waals surface area contributed by atoms with Gasteiger partial charge in [-0.3, -0.25) is 9.78 Å². The van der Waals surface area contributed by atoms with Crippen molar-refractivity contribution in [3.8, 4) is 0 Å². The Morgan fingerprint density at radius 1 is 1.11 bits per heavy atom. The molecule has 4 nitrogen and oxygen atoms in total. The first-order valence-electron chi connectivity index (χ1n) is 8.35. The van der Waals surface area contributed by atoms with Crippen LogP contribution in [0.4, 0.5) is 10.1 Å². The monoisotopic (exact) mass is 423 g/mol. The Morgan fingerprint density at radius 2 is 1.85 bits per heavy atom. The molecule has 0 saturated heterocycles. The molecule has 0 aliphatic rings.